The van der Waals surface area contributed by atoms with Crippen molar-refractivity contribution in [2.75, 3.05) is 0 Å². The SMILES string of the molecule is Cc1cccc(C)c1-c1cccc(COc2cccs2)c1. The summed E-state index contributed by atoms with van der Waals surface area (Å²) in [6.45, 7) is 4.94. The third kappa shape index (κ3) is 3.17. The van der Waals surface area contributed by atoms with Gasteiger partial charge in [0, 0.05) is 0 Å². The summed E-state index contributed by atoms with van der Waals surface area (Å²) in [5.41, 5.74) is 6.41. The lowest BCUT2D eigenvalue weighted by atomic mass is 9.95. The summed E-state index contributed by atoms with van der Waals surface area (Å²) in [4.78, 5) is 0. The van der Waals surface area contributed by atoms with Crippen LogP contribution in [0.15, 0.2) is 60.0 Å². The van der Waals surface area contributed by atoms with Crippen LogP contribution in [0.1, 0.15) is 16.7 Å². The zero-order valence-electron chi connectivity index (χ0n) is 12.3. The molecule has 106 valence electrons. The first-order valence-electron chi connectivity index (χ1n) is 7.06. The van der Waals surface area contributed by atoms with Crippen LogP contribution >= 0.6 is 11.3 Å². The zero-order valence-corrected chi connectivity index (χ0v) is 13.1. The molecule has 0 aliphatic heterocycles. The Balaban J connectivity index is 1.86. The van der Waals surface area contributed by atoms with Crippen LogP contribution in [0.25, 0.3) is 11.1 Å². The maximum Gasteiger partial charge on any atom is 0.174 e. The van der Waals surface area contributed by atoms with E-state index in [1.165, 1.54) is 27.8 Å². The molecule has 3 aromatic rings. The standard InChI is InChI=1S/C19H18OS/c1-14-6-3-7-15(2)19(14)17-9-4-8-16(12-17)13-20-18-10-5-11-21-18/h3-12H,13H2,1-2H3. The van der Waals surface area contributed by atoms with Gasteiger partial charge in [-0.05, 0) is 65.2 Å². The van der Waals surface area contributed by atoms with Crippen molar-refractivity contribution in [3.8, 4) is 16.2 Å². The largest absolute Gasteiger partial charge is 0.479 e. The first kappa shape index (κ1) is 13.9. The van der Waals surface area contributed by atoms with Gasteiger partial charge >= 0.3 is 0 Å². The molecule has 0 aliphatic rings. The summed E-state index contributed by atoms with van der Waals surface area (Å²) in [7, 11) is 0. The molecule has 2 heteroatoms. The van der Waals surface area contributed by atoms with Gasteiger partial charge in [0.25, 0.3) is 0 Å². The number of thiophene rings is 1. The van der Waals surface area contributed by atoms with Crippen LogP contribution in [-0.4, -0.2) is 0 Å². The normalized spacial score (nSPS) is 10.6. The molecule has 0 N–H and O–H groups in total. The fourth-order valence-corrected chi connectivity index (χ4v) is 3.16. The molecular weight excluding hydrogens is 276 g/mol. The van der Waals surface area contributed by atoms with Crippen LogP contribution in [-0.2, 0) is 6.61 Å². The Kier molecular flexibility index (Phi) is 4.07. The number of ether oxygens (including phenoxy) is 1. The van der Waals surface area contributed by atoms with Crippen molar-refractivity contribution in [1.29, 1.82) is 0 Å². The third-order valence-corrected chi connectivity index (χ3v) is 4.35. The summed E-state index contributed by atoms with van der Waals surface area (Å²) in [5.74, 6) is 0. The Bertz CT molecular complexity index is 709. The van der Waals surface area contributed by atoms with Crippen molar-refractivity contribution in [3.05, 3.63) is 76.7 Å². The lowest BCUT2D eigenvalue weighted by molar-refractivity contribution is 0.316. The number of hydrogen-bond donors (Lipinski definition) is 0. The molecule has 0 bridgehead atoms. The van der Waals surface area contributed by atoms with Crippen LogP contribution in [0.3, 0.4) is 0 Å². The van der Waals surface area contributed by atoms with E-state index in [1.807, 2.05) is 17.5 Å². The topological polar surface area (TPSA) is 9.23 Å². The van der Waals surface area contributed by atoms with Crippen LogP contribution in [0.2, 0.25) is 0 Å². The van der Waals surface area contributed by atoms with Crippen molar-refractivity contribution in [2.24, 2.45) is 0 Å². The second kappa shape index (κ2) is 6.15. The molecule has 3 rings (SSSR count). The van der Waals surface area contributed by atoms with E-state index in [0.717, 1.165) is 5.06 Å². The molecular formula is C19H18OS. The van der Waals surface area contributed by atoms with Gasteiger partial charge in [-0.2, -0.15) is 0 Å². The Labute approximate surface area is 129 Å². The molecule has 0 amide bonds. The van der Waals surface area contributed by atoms with Gasteiger partial charge in [-0.3, -0.25) is 0 Å². The van der Waals surface area contributed by atoms with Crippen LogP contribution in [0, 0.1) is 13.8 Å². The Morgan fingerprint density at radius 3 is 2.38 bits per heavy atom. The number of benzene rings is 2. The van der Waals surface area contributed by atoms with Gasteiger partial charge in [-0.15, -0.1) is 11.3 Å². The van der Waals surface area contributed by atoms with E-state index in [0.29, 0.717) is 6.61 Å². The maximum atomic E-state index is 5.80. The minimum Gasteiger partial charge on any atom is -0.479 e. The predicted molar refractivity (Wildman–Crippen MR) is 90.0 cm³/mol. The average molecular weight is 294 g/mol. The van der Waals surface area contributed by atoms with Crippen molar-refractivity contribution in [3.63, 3.8) is 0 Å². The Hall–Kier alpha value is -2.06. The van der Waals surface area contributed by atoms with Gasteiger partial charge < -0.3 is 4.74 Å². The monoisotopic (exact) mass is 294 g/mol. The minimum atomic E-state index is 0.610. The molecule has 0 spiro atoms. The van der Waals surface area contributed by atoms with E-state index in [1.54, 1.807) is 11.3 Å². The van der Waals surface area contributed by atoms with Gasteiger partial charge in [0.2, 0.25) is 0 Å². The van der Waals surface area contributed by atoms with E-state index in [9.17, 15) is 0 Å². The second-order valence-corrected chi connectivity index (χ2v) is 6.10. The average Bonchev–Trinajstić information content (AvgIpc) is 2.99. The highest BCUT2D eigenvalue weighted by atomic mass is 32.1. The predicted octanol–water partition coefficient (Wildman–Crippen LogP) is 5.61. The van der Waals surface area contributed by atoms with E-state index in [-0.39, 0.29) is 0 Å². The number of rotatable bonds is 4. The van der Waals surface area contributed by atoms with Gasteiger partial charge in [-0.25, -0.2) is 0 Å². The summed E-state index contributed by atoms with van der Waals surface area (Å²) >= 11 is 1.63. The Morgan fingerprint density at radius 1 is 0.905 bits per heavy atom. The van der Waals surface area contributed by atoms with Crippen LogP contribution < -0.4 is 4.74 Å². The van der Waals surface area contributed by atoms with E-state index >= 15 is 0 Å². The van der Waals surface area contributed by atoms with E-state index in [2.05, 4.69) is 56.3 Å². The van der Waals surface area contributed by atoms with Gasteiger partial charge in [0.05, 0.1) is 0 Å². The summed E-state index contributed by atoms with van der Waals surface area (Å²) < 4.78 is 5.80. The highest BCUT2D eigenvalue weighted by molar-refractivity contribution is 7.11. The third-order valence-electron chi connectivity index (χ3n) is 3.57. The van der Waals surface area contributed by atoms with Crippen LogP contribution in [0.5, 0.6) is 5.06 Å². The first-order chi connectivity index (χ1) is 10.2. The number of aryl methyl sites for hydroxylation is 2. The highest BCUT2D eigenvalue weighted by Gasteiger charge is 2.06. The van der Waals surface area contributed by atoms with E-state index < -0.39 is 0 Å². The first-order valence-corrected chi connectivity index (χ1v) is 7.94. The summed E-state index contributed by atoms with van der Waals surface area (Å²) in [5, 5.41) is 3.00. The van der Waals surface area contributed by atoms with Crippen LogP contribution in [0.4, 0.5) is 0 Å². The van der Waals surface area contributed by atoms with Crippen molar-refractivity contribution in [2.45, 2.75) is 20.5 Å². The lowest BCUT2D eigenvalue weighted by Gasteiger charge is -2.11. The van der Waals surface area contributed by atoms with Crippen molar-refractivity contribution >= 4 is 11.3 Å². The highest BCUT2D eigenvalue weighted by Crippen LogP contribution is 2.28. The molecule has 1 heterocycles. The molecule has 21 heavy (non-hydrogen) atoms. The molecule has 0 saturated carbocycles. The number of hydrogen-bond acceptors (Lipinski definition) is 2. The molecule has 0 fully saturated rings. The molecule has 0 unspecified atom stereocenters. The molecule has 2 aromatic carbocycles. The fraction of sp³-hybridized carbons (Fsp3) is 0.158. The van der Waals surface area contributed by atoms with Gasteiger partial charge in [0.1, 0.15) is 6.61 Å². The maximum absolute atomic E-state index is 5.80. The molecule has 0 aliphatic carbocycles. The molecule has 0 saturated heterocycles. The van der Waals surface area contributed by atoms with E-state index in [4.69, 9.17) is 4.74 Å². The van der Waals surface area contributed by atoms with Crippen molar-refractivity contribution in [1.82, 2.24) is 0 Å². The lowest BCUT2D eigenvalue weighted by Crippen LogP contribution is -1.95. The van der Waals surface area contributed by atoms with Gasteiger partial charge in [0.15, 0.2) is 5.06 Å². The minimum absolute atomic E-state index is 0.610. The second-order valence-electron chi connectivity index (χ2n) is 5.19. The molecule has 1 aromatic heterocycles. The fourth-order valence-electron chi connectivity index (χ4n) is 2.59. The summed E-state index contributed by atoms with van der Waals surface area (Å²) in [6, 6.07) is 19.1. The molecule has 1 nitrogen and oxygen atoms in total. The molecule has 0 atom stereocenters. The zero-order chi connectivity index (χ0) is 14.7. The van der Waals surface area contributed by atoms with Gasteiger partial charge in [-0.1, -0.05) is 36.4 Å². The summed E-state index contributed by atoms with van der Waals surface area (Å²) in [6.07, 6.45) is 0. The molecule has 0 radical (unpaired) electrons. The quantitative estimate of drug-likeness (QED) is 0.607. The smallest absolute Gasteiger partial charge is 0.174 e. The van der Waals surface area contributed by atoms with Crippen molar-refractivity contribution < 1.29 is 4.74 Å². The Morgan fingerprint density at radius 2 is 1.67 bits per heavy atom.